The van der Waals surface area contributed by atoms with Crippen LogP contribution in [0.2, 0.25) is 0 Å². The highest BCUT2D eigenvalue weighted by molar-refractivity contribution is 5.91. The fourth-order valence-corrected chi connectivity index (χ4v) is 4.61. The number of carbonyl (C=O) groups is 1. The minimum Gasteiger partial charge on any atom is -0.396 e. The smallest absolute Gasteiger partial charge is 0.222 e. The number of fused-ring (bicyclic) bond motifs is 2. The highest BCUT2D eigenvalue weighted by Gasteiger charge is 2.39. The third kappa shape index (κ3) is 3.28. The van der Waals surface area contributed by atoms with Crippen LogP contribution in [0.5, 0.6) is 0 Å². The van der Waals surface area contributed by atoms with E-state index < -0.39 is 0 Å². The average Bonchev–Trinajstić information content (AvgIpc) is 2.69. The summed E-state index contributed by atoms with van der Waals surface area (Å²) >= 11 is 0. The Morgan fingerprint density at radius 1 is 1.15 bits per heavy atom. The Morgan fingerprint density at radius 2 is 2.04 bits per heavy atom. The lowest BCUT2D eigenvalue weighted by molar-refractivity contribution is -0.139. The Balaban J connectivity index is 1.52. The molecule has 2 aliphatic heterocycles. The summed E-state index contributed by atoms with van der Waals surface area (Å²) < 4.78 is 0. The van der Waals surface area contributed by atoms with Crippen LogP contribution in [0, 0.1) is 5.92 Å². The Labute approximate surface area is 154 Å². The third-order valence-electron chi connectivity index (χ3n) is 5.92. The van der Waals surface area contributed by atoms with Crippen molar-refractivity contribution in [2.75, 3.05) is 31.1 Å². The Morgan fingerprint density at radius 3 is 2.92 bits per heavy atom. The van der Waals surface area contributed by atoms with Crippen LogP contribution in [0.25, 0.3) is 10.9 Å². The molecule has 138 valence electrons. The van der Waals surface area contributed by atoms with Gasteiger partial charge in [-0.2, -0.15) is 0 Å². The minimum atomic E-state index is 0.207. The summed E-state index contributed by atoms with van der Waals surface area (Å²) in [6.45, 7) is 2.97. The van der Waals surface area contributed by atoms with Crippen molar-refractivity contribution in [3.8, 4) is 0 Å². The van der Waals surface area contributed by atoms with Gasteiger partial charge in [0.1, 0.15) is 0 Å². The molecule has 2 saturated heterocycles. The van der Waals surface area contributed by atoms with Gasteiger partial charge in [0, 0.05) is 56.0 Å². The molecule has 5 nitrogen and oxygen atoms in total. The minimum absolute atomic E-state index is 0.207. The second-order valence-corrected chi connectivity index (χ2v) is 7.47. The SMILES string of the molecule is O=C1CC[C@H]2CN(c3ccnc4ccccc34)CC[C@H]2N1CCCCO. The Kier molecular flexibility index (Phi) is 5.07. The van der Waals surface area contributed by atoms with Crippen molar-refractivity contribution in [2.24, 2.45) is 5.92 Å². The zero-order valence-corrected chi connectivity index (χ0v) is 15.2. The number of hydrogen-bond acceptors (Lipinski definition) is 4. The fraction of sp³-hybridized carbons (Fsp3) is 0.524. The number of likely N-dealkylation sites (tertiary alicyclic amines) is 1. The van der Waals surface area contributed by atoms with Crippen LogP contribution in [0.1, 0.15) is 32.1 Å². The van der Waals surface area contributed by atoms with Crippen molar-refractivity contribution in [3.05, 3.63) is 36.5 Å². The van der Waals surface area contributed by atoms with E-state index in [2.05, 4.69) is 39.0 Å². The number of para-hydroxylation sites is 1. The van der Waals surface area contributed by atoms with Gasteiger partial charge in [0.05, 0.1) is 5.52 Å². The van der Waals surface area contributed by atoms with Gasteiger partial charge in [-0.15, -0.1) is 0 Å². The van der Waals surface area contributed by atoms with Crippen molar-refractivity contribution >= 4 is 22.5 Å². The van der Waals surface area contributed by atoms with E-state index in [4.69, 9.17) is 5.11 Å². The lowest BCUT2D eigenvalue weighted by Crippen LogP contribution is -2.56. The molecule has 0 radical (unpaired) electrons. The maximum Gasteiger partial charge on any atom is 0.222 e. The molecule has 0 aliphatic carbocycles. The molecule has 4 rings (SSSR count). The molecule has 1 N–H and O–H groups in total. The van der Waals surface area contributed by atoms with Gasteiger partial charge in [-0.3, -0.25) is 9.78 Å². The predicted octanol–water partition coefficient (Wildman–Crippen LogP) is 2.82. The molecule has 1 aromatic carbocycles. The summed E-state index contributed by atoms with van der Waals surface area (Å²) in [4.78, 5) is 21.5. The standard InChI is InChI=1S/C21H27N3O2/c25-14-4-3-12-24-19-10-13-23(15-16(19)7-8-21(24)26)20-9-11-22-18-6-2-1-5-17(18)20/h1-2,5-6,9,11,16,19,25H,3-4,7-8,10,12-15H2/t16-,19+/m0/s1. The number of anilines is 1. The molecule has 0 spiro atoms. The first kappa shape index (κ1) is 17.3. The lowest BCUT2D eigenvalue weighted by Gasteiger charge is -2.48. The molecule has 3 heterocycles. The molecule has 0 unspecified atom stereocenters. The largest absolute Gasteiger partial charge is 0.396 e. The molecule has 0 bridgehead atoms. The molecular formula is C21H27N3O2. The van der Waals surface area contributed by atoms with Crippen LogP contribution < -0.4 is 4.90 Å². The summed E-state index contributed by atoms with van der Waals surface area (Å²) in [5.74, 6) is 0.828. The molecule has 1 aromatic heterocycles. The fourth-order valence-electron chi connectivity index (χ4n) is 4.61. The number of rotatable bonds is 5. The monoisotopic (exact) mass is 353 g/mol. The van der Waals surface area contributed by atoms with E-state index in [0.29, 0.717) is 24.3 Å². The number of amides is 1. The number of nitrogens with zero attached hydrogens (tertiary/aromatic N) is 3. The molecule has 2 fully saturated rings. The number of unbranched alkanes of at least 4 members (excludes halogenated alkanes) is 1. The summed E-state index contributed by atoms with van der Waals surface area (Å²) in [7, 11) is 0. The molecule has 5 heteroatoms. The number of piperidine rings is 2. The molecule has 26 heavy (non-hydrogen) atoms. The van der Waals surface area contributed by atoms with Gasteiger partial charge in [-0.25, -0.2) is 0 Å². The zero-order valence-electron chi connectivity index (χ0n) is 15.2. The maximum absolute atomic E-state index is 12.4. The van der Waals surface area contributed by atoms with E-state index in [9.17, 15) is 4.79 Å². The molecule has 2 aromatic rings. The highest BCUT2D eigenvalue weighted by atomic mass is 16.3. The van der Waals surface area contributed by atoms with Gasteiger partial charge in [0.15, 0.2) is 0 Å². The molecule has 1 amide bonds. The summed E-state index contributed by atoms with van der Waals surface area (Å²) in [6.07, 6.45) is 6.23. The number of carbonyl (C=O) groups excluding carboxylic acids is 1. The van der Waals surface area contributed by atoms with Crippen molar-refractivity contribution in [3.63, 3.8) is 0 Å². The first-order chi connectivity index (χ1) is 12.8. The Hall–Kier alpha value is -2.14. The van der Waals surface area contributed by atoms with Crippen LogP contribution in [0.15, 0.2) is 36.5 Å². The van der Waals surface area contributed by atoms with Gasteiger partial charge in [-0.1, -0.05) is 18.2 Å². The quantitative estimate of drug-likeness (QED) is 0.840. The van der Waals surface area contributed by atoms with Gasteiger partial charge >= 0.3 is 0 Å². The van der Waals surface area contributed by atoms with Gasteiger partial charge in [0.2, 0.25) is 5.91 Å². The van der Waals surface area contributed by atoms with Crippen LogP contribution in [-0.4, -0.2) is 53.2 Å². The average molecular weight is 353 g/mol. The van der Waals surface area contributed by atoms with Crippen molar-refractivity contribution in [1.29, 1.82) is 0 Å². The number of benzene rings is 1. The topological polar surface area (TPSA) is 56.7 Å². The van der Waals surface area contributed by atoms with E-state index in [1.165, 1.54) is 11.1 Å². The van der Waals surface area contributed by atoms with Crippen LogP contribution >= 0.6 is 0 Å². The summed E-state index contributed by atoms with van der Waals surface area (Å²) in [5, 5.41) is 10.2. The van der Waals surface area contributed by atoms with E-state index in [-0.39, 0.29) is 6.61 Å². The van der Waals surface area contributed by atoms with E-state index in [0.717, 1.165) is 50.8 Å². The number of aliphatic hydroxyl groups is 1. The maximum atomic E-state index is 12.4. The third-order valence-corrected chi connectivity index (χ3v) is 5.92. The van der Waals surface area contributed by atoms with Gasteiger partial charge in [-0.05, 0) is 43.7 Å². The zero-order chi connectivity index (χ0) is 17.9. The molecule has 0 saturated carbocycles. The van der Waals surface area contributed by atoms with E-state index in [1.807, 2.05) is 12.3 Å². The summed E-state index contributed by atoms with van der Waals surface area (Å²) in [6, 6.07) is 10.8. The second kappa shape index (κ2) is 7.62. The van der Waals surface area contributed by atoms with Gasteiger partial charge in [0.25, 0.3) is 0 Å². The number of hydrogen-bond donors (Lipinski definition) is 1. The lowest BCUT2D eigenvalue weighted by atomic mass is 9.83. The van der Waals surface area contributed by atoms with E-state index >= 15 is 0 Å². The second-order valence-electron chi connectivity index (χ2n) is 7.47. The van der Waals surface area contributed by atoms with Crippen LogP contribution in [-0.2, 0) is 4.79 Å². The summed E-state index contributed by atoms with van der Waals surface area (Å²) in [5.41, 5.74) is 2.30. The number of pyridine rings is 1. The molecule has 2 aliphatic rings. The van der Waals surface area contributed by atoms with Gasteiger partial charge < -0.3 is 14.9 Å². The van der Waals surface area contributed by atoms with Crippen molar-refractivity contribution in [1.82, 2.24) is 9.88 Å². The van der Waals surface area contributed by atoms with Crippen LogP contribution in [0.3, 0.4) is 0 Å². The molecular weight excluding hydrogens is 326 g/mol. The van der Waals surface area contributed by atoms with Crippen LogP contribution in [0.4, 0.5) is 5.69 Å². The van der Waals surface area contributed by atoms with E-state index in [1.54, 1.807) is 0 Å². The van der Waals surface area contributed by atoms with Crippen molar-refractivity contribution in [2.45, 2.75) is 38.1 Å². The van der Waals surface area contributed by atoms with Crippen molar-refractivity contribution < 1.29 is 9.90 Å². The first-order valence-corrected chi connectivity index (χ1v) is 9.77. The Bertz CT molecular complexity index is 773. The highest BCUT2D eigenvalue weighted by Crippen LogP contribution is 2.35. The predicted molar refractivity (Wildman–Crippen MR) is 103 cm³/mol. The number of aromatic nitrogens is 1. The normalized spacial score (nSPS) is 23.3. The number of aliphatic hydroxyl groups excluding tert-OH is 1. The first-order valence-electron chi connectivity index (χ1n) is 9.77. The molecule has 2 atom stereocenters.